The van der Waals surface area contributed by atoms with Crippen LogP contribution in [0, 0.1) is 27.7 Å². The Bertz CT molecular complexity index is 3160. The number of carbonyl (C=O) groups excluding carboxylic acids is 3. The van der Waals surface area contributed by atoms with Crippen LogP contribution in [0.3, 0.4) is 0 Å². The van der Waals surface area contributed by atoms with E-state index in [9.17, 15) is 36.0 Å². The third-order valence-corrected chi connectivity index (χ3v) is 12.2. The number of nitrogens with two attached hydrogens (primary N) is 1. The van der Waals surface area contributed by atoms with Gasteiger partial charge in [-0.05, 0) is 88.1 Å². The Morgan fingerprint density at radius 1 is 0.606 bits per heavy atom. The van der Waals surface area contributed by atoms with E-state index in [2.05, 4.69) is 86.0 Å². The van der Waals surface area contributed by atoms with Crippen LogP contribution < -0.4 is 30.3 Å². The van der Waals surface area contributed by atoms with Crippen molar-refractivity contribution in [1.29, 1.82) is 0 Å². The maximum absolute atomic E-state index is 13.3. The number of aromatic nitrogens is 4. The maximum atomic E-state index is 13.3. The van der Waals surface area contributed by atoms with E-state index in [0.717, 1.165) is 68.0 Å². The van der Waals surface area contributed by atoms with Gasteiger partial charge in [0.15, 0.2) is 0 Å². The average molecular weight is 1010 g/mol. The van der Waals surface area contributed by atoms with E-state index in [1.807, 2.05) is 53.9 Å². The van der Waals surface area contributed by atoms with E-state index in [-0.39, 0.29) is 35.0 Å². The molecule has 0 fully saturated rings. The molecule has 2 aromatic heterocycles. The van der Waals surface area contributed by atoms with Crippen LogP contribution in [0.4, 0.5) is 11.6 Å². The molecule has 21 heteroatoms. The summed E-state index contributed by atoms with van der Waals surface area (Å²) in [5.74, 6) is -0.388. The van der Waals surface area contributed by atoms with Gasteiger partial charge in [0.05, 0.1) is 54.6 Å². The monoisotopic (exact) mass is 1010 g/mol. The van der Waals surface area contributed by atoms with Crippen LogP contribution in [0.25, 0.3) is 0 Å². The molecule has 0 spiro atoms. The first-order chi connectivity index (χ1) is 33.3. The second-order valence-electron chi connectivity index (χ2n) is 17.8. The molecular weight excluding hydrogens is 949 g/mol. The summed E-state index contributed by atoms with van der Waals surface area (Å²) in [7, 11) is -6.81. The fourth-order valence-corrected chi connectivity index (χ4v) is 8.86. The summed E-state index contributed by atoms with van der Waals surface area (Å²) in [4.78, 5) is 54.0. The van der Waals surface area contributed by atoms with Gasteiger partial charge in [-0.3, -0.25) is 14.4 Å². The highest BCUT2D eigenvalue weighted by atomic mass is 32.2. The minimum absolute atomic E-state index is 0.176. The quantitative estimate of drug-likeness (QED) is 0.0984. The Labute approximate surface area is 414 Å². The topological polar surface area (TPSA) is 261 Å². The van der Waals surface area contributed by atoms with Gasteiger partial charge >= 0.3 is 5.97 Å². The van der Waals surface area contributed by atoms with Crippen LogP contribution >= 0.6 is 0 Å². The Balaban J connectivity index is 0.000000213. The minimum atomic E-state index is -3.64. The molecule has 0 unspecified atom stereocenters. The number of primary sulfonamides is 1. The normalized spacial score (nSPS) is 13.6. The minimum Gasteiger partial charge on any atom is -0.478 e. The van der Waals surface area contributed by atoms with Crippen LogP contribution in [0.2, 0.25) is 0 Å². The van der Waals surface area contributed by atoms with Gasteiger partial charge in [0, 0.05) is 31.7 Å². The zero-order valence-corrected chi connectivity index (χ0v) is 42.6. The Hall–Kier alpha value is -7.36. The molecule has 0 bridgehead atoms. The molecule has 3 amide bonds. The lowest BCUT2D eigenvalue weighted by Crippen LogP contribution is -2.30. The molecule has 6 N–H and O–H groups in total. The summed E-state index contributed by atoms with van der Waals surface area (Å²) in [5, 5.41) is 28.6. The van der Waals surface area contributed by atoms with E-state index >= 15 is 0 Å². The highest BCUT2D eigenvalue weighted by Gasteiger charge is 2.32. The van der Waals surface area contributed by atoms with E-state index in [0.29, 0.717) is 29.1 Å². The first-order valence-electron chi connectivity index (χ1n) is 22.7. The predicted molar refractivity (Wildman–Crippen MR) is 271 cm³/mol. The predicted octanol–water partition coefficient (Wildman–Crippen LogP) is 5.31. The summed E-state index contributed by atoms with van der Waals surface area (Å²) in [6.07, 6.45) is 1.86. The Morgan fingerprint density at radius 3 is 1.34 bits per heavy atom. The van der Waals surface area contributed by atoms with Gasteiger partial charge in [-0.1, -0.05) is 83.9 Å². The number of amides is 3. The largest absolute Gasteiger partial charge is 0.478 e. The molecule has 0 saturated heterocycles. The average Bonchev–Trinajstić information content (AvgIpc) is 4.03. The number of rotatable bonds is 13. The first-order valence-corrected chi connectivity index (χ1v) is 26.5. The van der Waals surface area contributed by atoms with Crippen molar-refractivity contribution in [2.45, 2.75) is 79.8 Å². The number of carbonyl (C=O) groups is 4. The lowest BCUT2D eigenvalue weighted by molar-refractivity contribution is 0.0695. The number of benzene rings is 4. The van der Waals surface area contributed by atoms with Crippen molar-refractivity contribution in [3.05, 3.63) is 164 Å². The maximum Gasteiger partial charge on any atom is 0.335 e. The Morgan fingerprint density at radius 2 is 0.986 bits per heavy atom. The summed E-state index contributed by atoms with van der Waals surface area (Å²) < 4.78 is 47.1. The molecule has 4 heterocycles. The van der Waals surface area contributed by atoms with Crippen molar-refractivity contribution >= 4 is 55.4 Å². The first kappa shape index (κ1) is 53.0. The van der Waals surface area contributed by atoms with Crippen LogP contribution in [0.1, 0.15) is 112 Å². The standard InChI is InChI=1S/C25H29N5O4S.C24H26N4O3.CH5NO2S/c1-16-6-5-7-19(14-16)15-29-12-13-30-25(29)22(18(3)27-30)24(32)26-17(2)20-8-10-21(11-9-20)23(31)28-35(4,33)34;1-15-5-4-6-18(13-15)14-27-11-12-28-23(27)21(17(3)26-28)22(29)25-16(2)19-7-9-20(10-8-19)24(30)31;1-5(2,3)4/h5-11,14,17H,12-13,15H2,1-4H3,(H,26,32)(H,28,31);4-10,13,16H,11-12,14H2,1-3H3,(H,25,29)(H,30,31);1H3,(H2,2,3,4)/t17-;16-;/m00./s1. The number of nitrogens with one attached hydrogen (secondary N) is 3. The highest BCUT2D eigenvalue weighted by Crippen LogP contribution is 2.32. The molecule has 19 nitrogen and oxygen atoms in total. The van der Waals surface area contributed by atoms with Gasteiger partial charge in [0.1, 0.15) is 22.8 Å². The van der Waals surface area contributed by atoms with Gasteiger partial charge in [-0.2, -0.15) is 10.2 Å². The van der Waals surface area contributed by atoms with Crippen molar-refractivity contribution < 1.29 is 41.1 Å². The molecular formula is C50H60N10O9S2. The third kappa shape index (κ3) is 14.1. The van der Waals surface area contributed by atoms with Gasteiger partial charge in [-0.15, -0.1) is 0 Å². The fraction of sp³-hybridized carbons (Fsp3) is 0.320. The van der Waals surface area contributed by atoms with Crippen LogP contribution in [-0.4, -0.2) is 90.8 Å². The molecule has 0 saturated carbocycles. The van der Waals surface area contributed by atoms with Gasteiger partial charge in [0.2, 0.25) is 20.0 Å². The molecule has 2 aliphatic heterocycles. The molecule has 2 atom stereocenters. The second-order valence-corrected chi connectivity index (χ2v) is 21.2. The highest BCUT2D eigenvalue weighted by molar-refractivity contribution is 7.89. The summed E-state index contributed by atoms with van der Waals surface area (Å²) in [6, 6.07) is 29.1. The molecule has 2 aliphatic rings. The van der Waals surface area contributed by atoms with Crippen molar-refractivity contribution in [2.24, 2.45) is 5.14 Å². The number of carboxylic acids is 1. The molecule has 4 aromatic carbocycles. The molecule has 6 aromatic rings. The number of aryl methyl sites for hydroxylation is 4. The van der Waals surface area contributed by atoms with Crippen LogP contribution in [0.15, 0.2) is 97.1 Å². The molecule has 71 heavy (non-hydrogen) atoms. The SMILES string of the molecule is CS(N)(=O)=O.Cc1cccc(CN2CCn3nc(C)c(C(=O)N[C@@H](C)c4ccc(C(=O)NS(C)(=O)=O)cc4)c32)c1.Cc1cccc(CN2CCn3nc(C)c(C(=O)N[C@@H](C)c4ccc(C(=O)O)cc4)c32)c1. The lowest BCUT2D eigenvalue weighted by Gasteiger charge is -2.20. The Kier molecular flexibility index (Phi) is 16.5. The lowest BCUT2D eigenvalue weighted by atomic mass is 10.1. The van der Waals surface area contributed by atoms with E-state index in [1.165, 1.54) is 34.4 Å². The number of anilines is 2. The number of sulfonamides is 2. The van der Waals surface area contributed by atoms with Gasteiger partial charge in [-0.25, -0.2) is 40.9 Å². The summed E-state index contributed by atoms with van der Waals surface area (Å²) in [6.45, 7) is 16.1. The zero-order valence-electron chi connectivity index (χ0n) is 40.9. The molecule has 376 valence electrons. The van der Waals surface area contributed by atoms with E-state index in [1.54, 1.807) is 36.4 Å². The van der Waals surface area contributed by atoms with Gasteiger partial charge < -0.3 is 25.5 Å². The summed E-state index contributed by atoms with van der Waals surface area (Å²) in [5.41, 5.74) is 9.38. The zero-order chi connectivity index (χ0) is 51.9. The number of hydrogen-bond donors (Lipinski definition) is 5. The van der Waals surface area contributed by atoms with Crippen molar-refractivity contribution in [3.8, 4) is 0 Å². The number of carboxylic acid groups (broad SMARTS) is 1. The fourth-order valence-electron chi connectivity index (χ4n) is 8.41. The number of nitrogens with zero attached hydrogens (tertiary/aromatic N) is 6. The second kappa shape index (κ2) is 22.2. The molecule has 8 rings (SSSR count). The van der Waals surface area contributed by atoms with Crippen LogP contribution in [0.5, 0.6) is 0 Å². The number of hydrogen-bond acceptors (Lipinski definition) is 12. The van der Waals surface area contributed by atoms with Crippen LogP contribution in [-0.2, 0) is 46.2 Å². The van der Waals surface area contributed by atoms with E-state index in [4.69, 9.17) is 5.11 Å². The summed E-state index contributed by atoms with van der Waals surface area (Å²) >= 11 is 0. The number of fused-ring (bicyclic) bond motifs is 2. The molecule has 0 radical (unpaired) electrons. The van der Waals surface area contributed by atoms with Crippen molar-refractivity contribution in [2.75, 3.05) is 35.4 Å². The molecule has 0 aliphatic carbocycles. The third-order valence-electron chi connectivity index (χ3n) is 11.6. The smallest absolute Gasteiger partial charge is 0.335 e. The van der Waals surface area contributed by atoms with Gasteiger partial charge in [0.25, 0.3) is 17.7 Å². The van der Waals surface area contributed by atoms with Crippen molar-refractivity contribution in [1.82, 2.24) is 34.9 Å². The van der Waals surface area contributed by atoms with Crippen molar-refractivity contribution in [3.63, 3.8) is 0 Å². The van der Waals surface area contributed by atoms with E-state index < -0.39 is 31.9 Å². The number of aromatic carboxylic acids is 1.